The van der Waals surface area contributed by atoms with Crippen LogP contribution in [0.15, 0.2) is 42.5 Å². The first kappa shape index (κ1) is 16.2. The molecule has 0 saturated carbocycles. The van der Waals surface area contributed by atoms with Crippen molar-refractivity contribution in [2.75, 3.05) is 11.4 Å². The molecular weight excluding hydrogens is 302 g/mol. The molecule has 0 aliphatic carbocycles. The number of carbonyl (C=O) groups is 2. The number of hydrogen-bond acceptors (Lipinski definition) is 3. The quantitative estimate of drug-likeness (QED) is 0.813. The standard InChI is InChI=1S/C20H21NO3/c1-13-8-9-17(12-14(13)2)20(23)24-15(3)19(22)21-11-10-16-6-4-5-7-18(16)21/h4-9,12,15H,10-11H2,1-3H3/t15-/m0/s1. The molecule has 0 bridgehead atoms. The van der Waals surface area contributed by atoms with Crippen molar-refractivity contribution in [3.05, 3.63) is 64.7 Å². The fourth-order valence-corrected chi connectivity index (χ4v) is 2.93. The number of hydrogen-bond donors (Lipinski definition) is 0. The van der Waals surface area contributed by atoms with Crippen molar-refractivity contribution >= 4 is 17.6 Å². The molecule has 0 spiro atoms. The van der Waals surface area contributed by atoms with Crippen LogP contribution in [0.3, 0.4) is 0 Å². The monoisotopic (exact) mass is 323 g/mol. The molecule has 1 aliphatic heterocycles. The summed E-state index contributed by atoms with van der Waals surface area (Å²) < 4.78 is 5.39. The molecule has 124 valence electrons. The van der Waals surface area contributed by atoms with E-state index in [1.165, 1.54) is 0 Å². The summed E-state index contributed by atoms with van der Waals surface area (Å²) in [5, 5.41) is 0. The molecule has 0 N–H and O–H groups in total. The lowest BCUT2D eigenvalue weighted by atomic mass is 10.1. The molecule has 24 heavy (non-hydrogen) atoms. The smallest absolute Gasteiger partial charge is 0.338 e. The Kier molecular flexibility index (Phi) is 4.38. The molecule has 2 aromatic carbocycles. The Morgan fingerprint density at radius 3 is 2.58 bits per heavy atom. The number of esters is 1. The summed E-state index contributed by atoms with van der Waals surface area (Å²) >= 11 is 0. The molecule has 1 atom stereocenters. The summed E-state index contributed by atoms with van der Waals surface area (Å²) in [6.45, 7) is 6.19. The molecular formula is C20H21NO3. The number of aryl methyl sites for hydroxylation is 2. The molecule has 0 radical (unpaired) electrons. The van der Waals surface area contributed by atoms with Gasteiger partial charge in [0, 0.05) is 12.2 Å². The van der Waals surface area contributed by atoms with Gasteiger partial charge in [-0.3, -0.25) is 4.79 Å². The Morgan fingerprint density at radius 2 is 1.83 bits per heavy atom. The van der Waals surface area contributed by atoms with E-state index in [0.717, 1.165) is 28.8 Å². The Labute approximate surface area is 142 Å². The van der Waals surface area contributed by atoms with Crippen molar-refractivity contribution in [2.45, 2.75) is 33.3 Å². The van der Waals surface area contributed by atoms with E-state index in [1.54, 1.807) is 24.0 Å². The van der Waals surface area contributed by atoms with E-state index in [9.17, 15) is 9.59 Å². The lowest BCUT2D eigenvalue weighted by Gasteiger charge is -2.21. The third-order valence-electron chi connectivity index (χ3n) is 4.53. The summed E-state index contributed by atoms with van der Waals surface area (Å²) in [6, 6.07) is 13.2. The molecule has 1 heterocycles. The Balaban J connectivity index is 1.70. The molecule has 3 rings (SSSR count). The van der Waals surface area contributed by atoms with Crippen LogP contribution in [-0.4, -0.2) is 24.5 Å². The number of carbonyl (C=O) groups excluding carboxylic acids is 2. The molecule has 0 saturated heterocycles. The molecule has 1 aliphatic rings. The molecule has 4 heteroatoms. The van der Waals surface area contributed by atoms with Crippen molar-refractivity contribution in [1.82, 2.24) is 0 Å². The normalized spacial score (nSPS) is 14.2. The average Bonchev–Trinajstić information content (AvgIpc) is 3.00. The van der Waals surface area contributed by atoms with E-state index < -0.39 is 12.1 Å². The van der Waals surface area contributed by atoms with Crippen LogP contribution < -0.4 is 4.90 Å². The summed E-state index contributed by atoms with van der Waals surface area (Å²) in [5.41, 5.74) is 4.68. The minimum Gasteiger partial charge on any atom is -0.449 e. The van der Waals surface area contributed by atoms with Crippen LogP contribution in [0.5, 0.6) is 0 Å². The number of nitrogens with zero attached hydrogens (tertiary/aromatic N) is 1. The highest BCUT2D eigenvalue weighted by molar-refractivity contribution is 6.00. The minimum atomic E-state index is -0.815. The van der Waals surface area contributed by atoms with E-state index in [1.807, 2.05) is 44.2 Å². The van der Waals surface area contributed by atoms with Gasteiger partial charge in [-0.15, -0.1) is 0 Å². The van der Waals surface area contributed by atoms with Gasteiger partial charge in [0.15, 0.2) is 6.10 Å². The van der Waals surface area contributed by atoms with Crippen molar-refractivity contribution < 1.29 is 14.3 Å². The zero-order valence-electron chi connectivity index (χ0n) is 14.2. The molecule has 0 fully saturated rings. The first-order valence-electron chi connectivity index (χ1n) is 8.15. The fourth-order valence-electron chi connectivity index (χ4n) is 2.93. The van der Waals surface area contributed by atoms with E-state index in [2.05, 4.69) is 0 Å². The van der Waals surface area contributed by atoms with Crippen LogP contribution in [0.1, 0.15) is 34.0 Å². The van der Waals surface area contributed by atoms with Gasteiger partial charge in [0.05, 0.1) is 5.56 Å². The van der Waals surface area contributed by atoms with Crippen molar-refractivity contribution in [3.8, 4) is 0 Å². The van der Waals surface area contributed by atoms with Gasteiger partial charge in [-0.05, 0) is 62.1 Å². The van der Waals surface area contributed by atoms with E-state index in [4.69, 9.17) is 4.74 Å². The molecule has 4 nitrogen and oxygen atoms in total. The van der Waals surface area contributed by atoms with E-state index >= 15 is 0 Å². The topological polar surface area (TPSA) is 46.6 Å². The summed E-state index contributed by atoms with van der Waals surface area (Å²) in [4.78, 5) is 26.6. The van der Waals surface area contributed by atoms with Crippen molar-refractivity contribution in [1.29, 1.82) is 0 Å². The highest BCUT2D eigenvalue weighted by atomic mass is 16.5. The number of amides is 1. The predicted octanol–water partition coefficient (Wildman–Crippen LogP) is 3.44. The number of anilines is 1. The van der Waals surface area contributed by atoms with Gasteiger partial charge in [0.1, 0.15) is 0 Å². The average molecular weight is 323 g/mol. The molecule has 0 unspecified atom stereocenters. The Hall–Kier alpha value is -2.62. The minimum absolute atomic E-state index is 0.183. The van der Waals surface area contributed by atoms with Gasteiger partial charge >= 0.3 is 5.97 Å². The maximum atomic E-state index is 12.6. The van der Waals surface area contributed by atoms with Gasteiger partial charge in [-0.1, -0.05) is 24.3 Å². The van der Waals surface area contributed by atoms with Crippen LogP contribution in [-0.2, 0) is 16.0 Å². The van der Waals surface area contributed by atoms with Gasteiger partial charge in [0.25, 0.3) is 5.91 Å². The second-order valence-electron chi connectivity index (χ2n) is 6.22. The highest BCUT2D eigenvalue weighted by Gasteiger charge is 2.29. The Morgan fingerprint density at radius 1 is 1.08 bits per heavy atom. The highest BCUT2D eigenvalue weighted by Crippen LogP contribution is 2.28. The molecule has 2 aromatic rings. The number of ether oxygens (including phenoxy) is 1. The number of benzene rings is 2. The molecule has 0 aromatic heterocycles. The van der Waals surface area contributed by atoms with Crippen molar-refractivity contribution in [3.63, 3.8) is 0 Å². The lowest BCUT2D eigenvalue weighted by Crippen LogP contribution is -2.39. The van der Waals surface area contributed by atoms with Gasteiger partial charge < -0.3 is 9.64 Å². The Bertz CT molecular complexity index is 797. The maximum Gasteiger partial charge on any atom is 0.338 e. The number of para-hydroxylation sites is 1. The van der Waals surface area contributed by atoms with Gasteiger partial charge in [-0.25, -0.2) is 4.79 Å². The number of rotatable bonds is 3. The third kappa shape index (κ3) is 3.04. The summed E-state index contributed by atoms with van der Waals surface area (Å²) in [7, 11) is 0. The zero-order chi connectivity index (χ0) is 17.3. The zero-order valence-corrected chi connectivity index (χ0v) is 14.2. The third-order valence-corrected chi connectivity index (χ3v) is 4.53. The van der Waals surface area contributed by atoms with Gasteiger partial charge in [0.2, 0.25) is 0 Å². The SMILES string of the molecule is Cc1ccc(C(=O)O[C@@H](C)C(=O)N2CCc3ccccc32)cc1C. The van der Waals surface area contributed by atoms with Crippen LogP contribution in [0.2, 0.25) is 0 Å². The maximum absolute atomic E-state index is 12.6. The van der Waals surface area contributed by atoms with Gasteiger partial charge in [-0.2, -0.15) is 0 Å². The second-order valence-corrected chi connectivity index (χ2v) is 6.22. The van der Waals surface area contributed by atoms with Crippen LogP contribution in [0, 0.1) is 13.8 Å². The van der Waals surface area contributed by atoms with Crippen LogP contribution in [0.25, 0.3) is 0 Å². The summed E-state index contributed by atoms with van der Waals surface area (Å²) in [6.07, 6.45) is 0.0185. The molecule has 1 amide bonds. The first-order valence-corrected chi connectivity index (χ1v) is 8.15. The lowest BCUT2D eigenvalue weighted by molar-refractivity contribution is -0.126. The number of fused-ring (bicyclic) bond motifs is 1. The van der Waals surface area contributed by atoms with E-state index in [0.29, 0.717) is 12.1 Å². The predicted molar refractivity (Wildman–Crippen MR) is 93.3 cm³/mol. The first-order chi connectivity index (χ1) is 11.5. The van der Waals surface area contributed by atoms with Crippen LogP contribution in [0.4, 0.5) is 5.69 Å². The van der Waals surface area contributed by atoms with E-state index in [-0.39, 0.29) is 5.91 Å². The second kappa shape index (κ2) is 6.48. The fraction of sp³-hybridized carbons (Fsp3) is 0.300. The van der Waals surface area contributed by atoms with Crippen molar-refractivity contribution in [2.24, 2.45) is 0 Å². The summed E-state index contributed by atoms with van der Waals surface area (Å²) in [5.74, 6) is -0.649. The largest absolute Gasteiger partial charge is 0.449 e. The van der Waals surface area contributed by atoms with Crippen LogP contribution >= 0.6 is 0 Å².